The van der Waals surface area contributed by atoms with Gasteiger partial charge in [-0.15, -0.1) is 0 Å². The number of rotatable bonds is 3. The Morgan fingerprint density at radius 3 is 2.86 bits per heavy atom. The van der Waals surface area contributed by atoms with Gasteiger partial charge in [0.2, 0.25) is 5.89 Å². The molecule has 0 aliphatic carbocycles. The van der Waals surface area contributed by atoms with Gasteiger partial charge >= 0.3 is 5.97 Å². The zero-order chi connectivity index (χ0) is 15.7. The van der Waals surface area contributed by atoms with Gasteiger partial charge in [-0.25, -0.2) is 9.78 Å². The molecular weight excluding hydrogens is 325 g/mol. The summed E-state index contributed by atoms with van der Waals surface area (Å²) in [6.07, 6.45) is 0. The second kappa shape index (κ2) is 5.99. The number of hydrogen-bond donors (Lipinski definition) is 0. The molecule has 0 saturated carbocycles. The first-order valence-corrected chi connectivity index (χ1v) is 7.37. The van der Waals surface area contributed by atoms with Crippen LogP contribution >= 0.6 is 23.2 Å². The van der Waals surface area contributed by atoms with Crippen LogP contribution in [0.5, 0.6) is 0 Å². The van der Waals surface area contributed by atoms with E-state index in [9.17, 15) is 4.79 Å². The number of aromatic nitrogens is 1. The van der Waals surface area contributed by atoms with Crippen molar-refractivity contribution in [3.05, 3.63) is 52.0 Å². The van der Waals surface area contributed by atoms with Crippen molar-refractivity contribution in [2.24, 2.45) is 0 Å². The average molecular weight is 336 g/mol. The summed E-state index contributed by atoms with van der Waals surface area (Å²) in [5.41, 5.74) is 2.12. The highest BCUT2D eigenvalue weighted by Gasteiger charge is 2.14. The van der Waals surface area contributed by atoms with Gasteiger partial charge in [0.05, 0.1) is 17.2 Å². The number of hydrogen-bond acceptors (Lipinski definition) is 4. The number of benzene rings is 2. The molecule has 6 heteroatoms. The van der Waals surface area contributed by atoms with Gasteiger partial charge < -0.3 is 9.15 Å². The molecule has 0 saturated heterocycles. The third-order valence-electron chi connectivity index (χ3n) is 3.03. The third-order valence-corrected chi connectivity index (χ3v) is 3.53. The number of esters is 1. The predicted octanol–water partition coefficient (Wildman–Crippen LogP) is 4.98. The number of halogens is 2. The van der Waals surface area contributed by atoms with Gasteiger partial charge in [0, 0.05) is 10.6 Å². The second-order valence-corrected chi connectivity index (χ2v) is 5.40. The van der Waals surface area contributed by atoms with Crippen LogP contribution in [0.1, 0.15) is 17.3 Å². The van der Waals surface area contributed by atoms with E-state index < -0.39 is 0 Å². The maximum atomic E-state index is 11.8. The number of ether oxygens (including phenoxy) is 1. The maximum Gasteiger partial charge on any atom is 0.338 e. The van der Waals surface area contributed by atoms with E-state index in [1.165, 1.54) is 0 Å². The fourth-order valence-corrected chi connectivity index (χ4v) is 2.60. The van der Waals surface area contributed by atoms with Gasteiger partial charge in [-0.1, -0.05) is 29.3 Å². The topological polar surface area (TPSA) is 52.3 Å². The molecule has 0 unspecified atom stereocenters. The Hall–Kier alpha value is -2.04. The van der Waals surface area contributed by atoms with Crippen molar-refractivity contribution in [3.63, 3.8) is 0 Å². The van der Waals surface area contributed by atoms with Crippen LogP contribution in [0.2, 0.25) is 10.0 Å². The summed E-state index contributed by atoms with van der Waals surface area (Å²) in [6, 6.07) is 10.1. The normalized spacial score (nSPS) is 10.9. The molecule has 22 heavy (non-hydrogen) atoms. The van der Waals surface area contributed by atoms with Crippen LogP contribution in [0.4, 0.5) is 0 Å². The summed E-state index contributed by atoms with van der Waals surface area (Å²) in [6.45, 7) is 2.08. The van der Waals surface area contributed by atoms with E-state index in [0.29, 0.717) is 44.8 Å². The quantitative estimate of drug-likeness (QED) is 0.633. The van der Waals surface area contributed by atoms with Gasteiger partial charge in [0.1, 0.15) is 5.52 Å². The van der Waals surface area contributed by atoms with Gasteiger partial charge in [-0.05, 0) is 37.3 Å². The van der Waals surface area contributed by atoms with Crippen LogP contribution in [-0.2, 0) is 4.74 Å². The number of fused-ring (bicyclic) bond motifs is 1. The Balaban J connectivity index is 2.06. The van der Waals surface area contributed by atoms with E-state index in [4.69, 9.17) is 32.4 Å². The fraction of sp³-hybridized carbons (Fsp3) is 0.125. The molecule has 4 nitrogen and oxygen atoms in total. The SMILES string of the molecule is CCOC(=O)c1cccc(-c2nc3cc(Cl)cc(Cl)c3o2)c1. The van der Waals surface area contributed by atoms with Crippen LogP contribution in [0, 0.1) is 0 Å². The van der Waals surface area contributed by atoms with E-state index in [-0.39, 0.29) is 5.97 Å². The van der Waals surface area contributed by atoms with E-state index >= 15 is 0 Å². The van der Waals surface area contributed by atoms with Gasteiger partial charge in [0.15, 0.2) is 5.58 Å². The van der Waals surface area contributed by atoms with Crippen molar-refractivity contribution >= 4 is 40.3 Å². The summed E-state index contributed by atoms with van der Waals surface area (Å²) >= 11 is 12.0. The monoisotopic (exact) mass is 335 g/mol. The molecule has 0 amide bonds. The van der Waals surface area contributed by atoms with Crippen molar-refractivity contribution in [1.82, 2.24) is 4.98 Å². The predicted molar refractivity (Wildman–Crippen MR) is 85.4 cm³/mol. The number of carbonyl (C=O) groups is 1. The lowest BCUT2D eigenvalue weighted by Crippen LogP contribution is -2.04. The summed E-state index contributed by atoms with van der Waals surface area (Å²) in [5, 5.41) is 0.875. The van der Waals surface area contributed by atoms with E-state index in [2.05, 4.69) is 4.98 Å². The van der Waals surface area contributed by atoms with Crippen molar-refractivity contribution in [2.75, 3.05) is 6.61 Å². The molecule has 3 aromatic rings. The highest BCUT2D eigenvalue weighted by molar-refractivity contribution is 6.38. The molecular formula is C16H11Cl2NO3. The lowest BCUT2D eigenvalue weighted by molar-refractivity contribution is 0.0526. The average Bonchev–Trinajstić information content (AvgIpc) is 2.92. The van der Waals surface area contributed by atoms with Crippen LogP contribution in [0.3, 0.4) is 0 Å². The Kier molecular flexibility index (Phi) is 4.05. The molecule has 3 rings (SSSR count). The standard InChI is InChI=1S/C16H11Cl2NO3/c1-2-21-16(20)10-5-3-4-9(6-10)15-19-13-8-11(17)7-12(18)14(13)22-15/h3-8H,2H2,1H3. The lowest BCUT2D eigenvalue weighted by Gasteiger charge is -2.02. The molecule has 1 heterocycles. The second-order valence-electron chi connectivity index (χ2n) is 4.56. The lowest BCUT2D eigenvalue weighted by atomic mass is 10.1. The summed E-state index contributed by atoms with van der Waals surface area (Å²) in [7, 11) is 0. The molecule has 112 valence electrons. The molecule has 0 aliphatic rings. The van der Waals surface area contributed by atoms with Gasteiger partial charge in [-0.3, -0.25) is 0 Å². The first-order chi connectivity index (χ1) is 10.6. The molecule has 0 fully saturated rings. The van der Waals surface area contributed by atoms with Crippen LogP contribution in [0.25, 0.3) is 22.6 Å². The Bertz CT molecular complexity index is 858. The van der Waals surface area contributed by atoms with Crippen molar-refractivity contribution in [3.8, 4) is 11.5 Å². The van der Waals surface area contributed by atoms with Crippen molar-refractivity contribution in [1.29, 1.82) is 0 Å². The van der Waals surface area contributed by atoms with Gasteiger partial charge in [-0.2, -0.15) is 0 Å². The Morgan fingerprint density at radius 2 is 2.09 bits per heavy atom. The molecule has 0 N–H and O–H groups in total. The van der Waals surface area contributed by atoms with Gasteiger partial charge in [0.25, 0.3) is 0 Å². The van der Waals surface area contributed by atoms with E-state index in [1.807, 2.05) is 0 Å². The minimum atomic E-state index is -0.387. The molecule has 0 spiro atoms. The first-order valence-electron chi connectivity index (χ1n) is 6.61. The molecule has 0 atom stereocenters. The van der Waals surface area contributed by atoms with Crippen molar-refractivity contribution < 1.29 is 13.9 Å². The number of carbonyl (C=O) groups excluding carboxylic acids is 1. The van der Waals surface area contributed by atoms with E-state index in [0.717, 1.165) is 0 Å². The molecule has 2 aromatic carbocycles. The molecule has 0 radical (unpaired) electrons. The summed E-state index contributed by atoms with van der Waals surface area (Å²) in [4.78, 5) is 16.2. The largest absolute Gasteiger partial charge is 0.462 e. The minimum absolute atomic E-state index is 0.319. The minimum Gasteiger partial charge on any atom is -0.462 e. The maximum absolute atomic E-state index is 11.8. The highest BCUT2D eigenvalue weighted by Crippen LogP contribution is 2.32. The zero-order valence-corrected chi connectivity index (χ0v) is 13.1. The number of nitrogens with zero attached hydrogens (tertiary/aromatic N) is 1. The highest BCUT2D eigenvalue weighted by atomic mass is 35.5. The van der Waals surface area contributed by atoms with Crippen LogP contribution < -0.4 is 0 Å². The molecule has 0 aliphatic heterocycles. The first kappa shape index (κ1) is 14.9. The smallest absolute Gasteiger partial charge is 0.338 e. The summed E-state index contributed by atoms with van der Waals surface area (Å²) in [5.74, 6) is -0.0214. The van der Waals surface area contributed by atoms with Crippen LogP contribution in [0.15, 0.2) is 40.8 Å². The van der Waals surface area contributed by atoms with Crippen LogP contribution in [-0.4, -0.2) is 17.6 Å². The Labute approximate surface area is 136 Å². The summed E-state index contributed by atoms with van der Waals surface area (Å²) < 4.78 is 10.7. The third kappa shape index (κ3) is 2.80. The van der Waals surface area contributed by atoms with Crippen molar-refractivity contribution in [2.45, 2.75) is 6.92 Å². The van der Waals surface area contributed by atoms with E-state index in [1.54, 1.807) is 43.3 Å². The fourth-order valence-electron chi connectivity index (χ4n) is 2.08. The number of oxazole rings is 1. The zero-order valence-electron chi connectivity index (χ0n) is 11.6. The molecule has 0 bridgehead atoms. The molecule has 1 aromatic heterocycles. The Morgan fingerprint density at radius 1 is 1.27 bits per heavy atom.